The normalized spacial score (nSPS) is 30.8. The number of nitrogens with zero attached hydrogens (tertiary/aromatic N) is 1. The highest BCUT2D eigenvalue weighted by Gasteiger charge is 2.49. The number of hydrogen-bond donors (Lipinski definition) is 2. The molecule has 4 atom stereocenters. The monoisotopic (exact) mass is 427 g/mol. The first-order valence-electron chi connectivity index (χ1n) is 10.1. The van der Waals surface area contributed by atoms with Crippen molar-refractivity contribution in [2.75, 3.05) is 19.6 Å². The summed E-state index contributed by atoms with van der Waals surface area (Å²) in [5, 5.41) is 3.11. The third kappa shape index (κ3) is 4.08. The molecule has 1 saturated heterocycles. The van der Waals surface area contributed by atoms with Crippen molar-refractivity contribution in [1.82, 2.24) is 9.62 Å². The third-order valence-corrected chi connectivity index (χ3v) is 8.72. The Bertz CT molecular complexity index is 779. The van der Waals surface area contributed by atoms with E-state index >= 15 is 0 Å². The van der Waals surface area contributed by atoms with Crippen LogP contribution in [0.3, 0.4) is 0 Å². The number of amides is 1. The van der Waals surface area contributed by atoms with Gasteiger partial charge in [-0.15, -0.1) is 12.4 Å². The zero-order valence-corrected chi connectivity index (χ0v) is 17.6. The molecule has 28 heavy (non-hydrogen) atoms. The number of hydrogen-bond acceptors (Lipinski definition) is 4. The zero-order chi connectivity index (χ0) is 19.0. The number of piperidine rings is 1. The summed E-state index contributed by atoms with van der Waals surface area (Å²) in [5.41, 5.74) is 6.26. The predicted octanol–water partition coefficient (Wildman–Crippen LogP) is 2.00. The van der Waals surface area contributed by atoms with Crippen LogP contribution in [-0.2, 0) is 14.8 Å². The molecule has 2 aliphatic carbocycles. The molecule has 3 fully saturated rings. The number of nitrogens with one attached hydrogen (secondary N) is 1. The summed E-state index contributed by atoms with van der Waals surface area (Å²) in [6.07, 6.45) is 4.95. The first-order valence-corrected chi connectivity index (χ1v) is 11.5. The Morgan fingerprint density at radius 3 is 2.32 bits per heavy atom. The Kier molecular flexibility index (Phi) is 6.69. The van der Waals surface area contributed by atoms with Gasteiger partial charge in [-0.25, -0.2) is 8.42 Å². The number of fused-ring (bicyclic) bond motifs is 2. The number of carbonyl (C=O) groups is 1. The third-order valence-electron chi connectivity index (χ3n) is 6.80. The smallest absolute Gasteiger partial charge is 0.243 e. The highest BCUT2D eigenvalue weighted by Crippen LogP contribution is 2.47. The van der Waals surface area contributed by atoms with E-state index in [0.29, 0.717) is 42.3 Å². The number of carbonyl (C=O) groups excluding carboxylic acids is 1. The van der Waals surface area contributed by atoms with Crippen molar-refractivity contribution in [2.24, 2.45) is 29.4 Å². The molecule has 1 aromatic carbocycles. The maximum atomic E-state index is 12.7. The van der Waals surface area contributed by atoms with E-state index in [4.69, 9.17) is 5.73 Å². The lowest BCUT2D eigenvalue weighted by atomic mass is 9.84. The molecular weight excluding hydrogens is 398 g/mol. The van der Waals surface area contributed by atoms with Crippen LogP contribution in [0.2, 0.25) is 0 Å². The van der Waals surface area contributed by atoms with E-state index in [9.17, 15) is 13.2 Å². The van der Waals surface area contributed by atoms with Crippen LogP contribution < -0.4 is 11.1 Å². The minimum Gasteiger partial charge on any atom is -0.356 e. The average molecular weight is 428 g/mol. The maximum Gasteiger partial charge on any atom is 0.243 e. The molecule has 1 amide bonds. The number of nitrogens with two attached hydrogens (primary N) is 1. The fraction of sp³-hybridized carbons (Fsp3) is 0.650. The summed E-state index contributed by atoms with van der Waals surface area (Å²) in [4.78, 5) is 12.9. The molecule has 3 aliphatic rings. The van der Waals surface area contributed by atoms with Crippen LogP contribution in [0.1, 0.15) is 32.1 Å². The molecule has 2 bridgehead atoms. The van der Waals surface area contributed by atoms with Crippen LogP contribution in [-0.4, -0.2) is 44.3 Å². The molecule has 0 spiro atoms. The quantitative estimate of drug-likeness (QED) is 0.751. The van der Waals surface area contributed by atoms with Gasteiger partial charge in [-0.3, -0.25) is 4.79 Å². The van der Waals surface area contributed by atoms with Gasteiger partial charge in [0.2, 0.25) is 15.9 Å². The molecule has 1 aromatic rings. The molecule has 0 aromatic heterocycles. The second kappa shape index (κ2) is 8.69. The molecule has 2 saturated carbocycles. The second-order valence-corrected chi connectivity index (χ2v) is 10.3. The van der Waals surface area contributed by atoms with E-state index in [1.54, 1.807) is 28.6 Å². The summed E-state index contributed by atoms with van der Waals surface area (Å²) in [6.45, 7) is 1.63. The van der Waals surface area contributed by atoms with E-state index in [-0.39, 0.29) is 30.3 Å². The SMILES string of the molecule is Cl.NC1C2CCC(C2)C1C(=O)NCC1CCN(S(=O)(=O)c2ccccc2)CC1. The van der Waals surface area contributed by atoms with Crippen molar-refractivity contribution in [3.63, 3.8) is 0 Å². The van der Waals surface area contributed by atoms with Gasteiger partial charge in [-0.1, -0.05) is 18.2 Å². The maximum absolute atomic E-state index is 12.7. The molecule has 156 valence electrons. The lowest BCUT2D eigenvalue weighted by molar-refractivity contribution is -0.127. The molecule has 8 heteroatoms. The molecule has 3 N–H and O–H groups in total. The van der Waals surface area contributed by atoms with Gasteiger partial charge in [0.15, 0.2) is 0 Å². The van der Waals surface area contributed by atoms with Gasteiger partial charge in [0.1, 0.15) is 0 Å². The second-order valence-electron chi connectivity index (χ2n) is 8.34. The highest BCUT2D eigenvalue weighted by atomic mass is 35.5. The molecule has 4 unspecified atom stereocenters. The van der Waals surface area contributed by atoms with Gasteiger partial charge in [-0.05, 0) is 62.0 Å². The summed E-state index contributed by atoms with van der Waals surface area (Å²) >= 11 is 0. The Labute approximate surface area is 173 Å². The van der Waals surface area contributed by atoms with Crippen molar-refractivity contribution >= 4 is 28.3 Å². The van der Waals surface area contributed by atoms with Crippen molar-refractivity contribution in [2.45, 2.75) is 43.0 Å². The van der Waals surface area contributed by atoms with Crippen LogP contribution >= 0.6 is 12.4 Å². The Morgan fingerprint density at radius 2 is 1.71 bits per heavy atom. The summed E-state index contributed by atoms with van der Waals surface area (Å²) in [6, 6.07) is 8.60. The fourth-order valence-corrected chi connectivity index (χ4v) is 6.67. The topological polar surface area (TPSA) is 92.5 Å². The van der Waals surface area contributed by atoms with Gasteiger partial charge >= 0.3 is 0 Å². The van der Waals surface area contributed by atoms with E-state index in [1.165, 1.54) is 6.42 Å². The molecule has 1 heterocycles. The Balaban J connectivity index is 0.00000225. The molecular formula is C20H30ClN3O3S. The zero-order valence-electron chi connectivity index (χ0n) is 16.0. The number of halogens is 1. The van der Waals surface area contributed by atoms with Gasteiger partial charge in [0.25, 0.3) is 0 Å². The fourth-order valence-electron chi connectivity index (χ4n) is 5.18. The standard InChI is InChI=1S/C20H29N3O3S.ClH/c21-19-16-7-6-15(12-16)18(19)20(24)22-13-14-8-10-23(11-9-14)27(25,26)17-4-2-1-3-5-17;/h1-5,14-16,18-19H,6-13,21H2,(H,22,24);1H. The largest absolute Gasteiger partial charge is 0.356 e. The van der Waals surface area contributed by atoms with Crippen LogP contribution in [0.4, 0.5) is 0 Å². The average Bonchev–Trinajstić information content (AvgIpc) is 3.28. The lowest BCUT2D eigenvalue weighted by Gasteiger charge is -2.32. The predicted molar refractivity (Wildman–Crippen MR) is 110 cm³/mol. The van der Waals surface area contributed by atoms with Crippen LogP contribution in [0.15, 0.2) is 35.2 Å². The minimum atomic E-state index is -3.41. The number of sulfonamides is 1. The summed E-state index contributed by atoms with van der Waals surface area (Å²) in [7, 11) is -3.41. The van der Waals surface area contributed by atoms with E-state index < -0.39 is 10.0 Å². The molecule has 1 aliphatic heterocycles. The first-order chi connectivity index (χ1) is 13.0. The van der Waals surface area contributed by atoms with Crippen molar-refractivity contribution in [1.29, 1.82) is 0 Å². The first kappa shape index (κ1) is 21.6. The number of rotatable bonds is 5. The van der Waals surface area contributed by atoms with Crippen molar-refractivity contribution < 1.29 is 13.2 Å². The van der Waals surface area contributed by atoms with Gasteiger partial charge in [0.05, 0.1) is 10.8 Å². The Hall–Kier alpha value is -1.15. The summed E-state index contributed by atoms with van der Waals surface area (Å²) in [5.74, 6) is 1.39. The molecule has 6 nitrogen and oxygen atoms in total. The number of benzene rings is 1. The van der Waals surface area contributed by atoms with Crippen LogP contribution in [0, 0.1) is 23.7 Å². The van der Waals surface area contributed by atoms with Gasteiger partial charge in [-0.2, -0.15) is 4.31 Å². The van der Waals surface area contributed by atoms with Crippen molar-refractivity contribution in [3.05, 3.63) is 30.3 Å². The Morgan fingerprint density at radius 1 is 1.07 bits per heavy atom. The molecule has 0 radical (unpaired) electrons. The van der Waals surface area contributed by atoms with Crippen LogP contribution in [0.25, 0.3) is 0 Å². The molecule has 4 rings (SSSR count). The van der Waals surface area contributed by atoms with Gasteiger partial charge in [0, 0.05) is 25.7 Å². The van der Waals surface area contributed by atoms with Crippen molar-refractivity contribution in [3.8, 4) is 0 Å². The minimum absolute atomic E-state index is 0. The van der Waals surface area contributed by atoms with Crippen LogP contribution in [0.5, 0.6) is 0 Å². The van der Waals surface area contributed by atoms with E-state index in [1.807, 2.05) is 6.07 Å². The lowest BCUT2D eigenvalue weighted by Crippen LogP contribution is -2.47. The van der Waals surface area contributed by atoms with E-state index in [0.717, 1.165) is 25.7 Å². The summed E-state index contributed by atoms with van der Waals surface area (Å²) < 4.78 is 26.9. The van der Waals surface area contributed by atoms with E-state index in [2.05, 4.69) is 5.32 Å². The van der Waals surface area contributed by atoms with Gasteiger partial charge < -0.3 is 11.1 Å². The highest BCUT2D eigenvalue weighted by molar-refractivity contribution is 7.89.